The minimum absolute atomic E-state index is 0.139. The number of allylic oxidation sites excluding steroid dienone is 1. The molecule has 0 saturated carbocycles. The van der Waals surface area contributed by atoms with Crippen molar-refractivity contribution in [1.29, 1.82) is 0 Å². The second kappa shape index (κ2) is 8.03. The zero-order valence-electron chi connectivity index (χ0n) is 13.9. The molecule has 0 N–H and O–H groups in total. The third kappa shape index (κ3) is 4.61. The lowest BCUT2D eigenvalue weighted by atomic mass is 10.1. The summed E-state index contributed by atoms with van der Waals surface area (Å²) in [7, 11) is 0. The Balaban J connectivity index is 1.84. The van der Waals surface area contributed by atoms with Gasteiger partial charge in [-0.1, -0.05) is 34.8 Å². The van der Waals surface area contributed by atoms with Gasteiger partial charge in [0.15, 0.2) is 5.78 Å². The van der Waals surface area contributed by atoms with Crippen molar-refractivity contribution in [1.82, 2.24) is 0 Å². The first-order valence-corrected chi connectivity index (χ1v) is 8.93. The Hall–Kier alpha value is -2.21. The molecule has 28 heavy (non-hydrogen) atoms. The van der Waals surface area contributed by atoms with Crippen molar-refractivity contribution < 1.29 is 22.4 Å². The summed E-state index contributed by atoms with van der Waals surface area (Å²) in [4.78, 5) is 12.1. The van der Waals surface area contributed by atoms with E-state index in [2.05, 4.69) is 0 Å². The molecule has 0 amide bonds. The largest absolute Gasteiger partial charge is 0.457 e. The maximum absolute atomic E-state index is 12.8. The van der Waals surface area contributed by atoms with Crippen LogP contribution in [0.5, 0.6) is 0 Å². The Morgan fingerprint density at radius 1 is 0.929 bits per heavy atom. The van der Waals surface area contributed by atoms with Crippen molar-refractivity contribution in [3.63, 3.8) is 0 Å². The number of halogens is 6. The maximum Gasteiger partial charge on any atom is 0.416 e. The first-order chi connectivity index (χ1) is 13.1. The van der Waals surface area contributed by atoms with Gasteiger partial charge in [0.1, 0.15) is 11.5 Å². The standard InChI is InChI=1S/C20H10Cl3F3O2/c21-13-3-1-11(2-4-13)17(27)7-5-14-6-8-18(28-14)19-15(22)9-12(10-16(19)23)20(24,25)26/h1-10H/b7-5-. The molecule has 3 aromatic rings. The fourth-order valence-corrected chi connectivity index (χ4v) is 3.22. The van der Waals surface area contributed by atoms with E-state index in [-0.39, 0.29) is 27.2 Å². The lowest BCUT2D eigenvalue weighted by Gasteiger charge is -2.10. The van der Waals surface area contributed by atoms with Gasteiger partial charge in [0.25, 0.3) is 0 Å². The van der Waals surface area contributed by atoms with E-state index in [4.69, 9.17) is 39.2 Å². The zero-order chi connectivity index (χ0) is 20.5. The molecule has 1 heterocycles. The summed E-state index contributed by atoms with van der Waals surface area (Å²) in [6.45, 7) is 0. The molecular formula is C20H10Cl3F3O2. The van der Waals surface area contributed by atoms with Gasteiger partial charge in [0.05, 0.1) is 21.2 Å². The van der Waals surface area contributed by atoms with E-state index in [1.54, 1.807) is 30.3 Å². The van der Waals surface area contributed by atoms with Gasteiger partial charge in [-0.25, -0.2) is 0 Å². The van der Waals surface area contributed by atoms with Gasteiger partial charge in [0.2, 0.25) is 0 Å². The fourth-order valence-electron chi connectivity index (χ4n) is 2.42. The third-order valence-corrected chi connectivity index (χ3v) is 4.62. The molecule has 0 bridgehead atoms. The predicted octanol–water partition coefficient (Wildman–Crippen LogP) is 7.82. The van der Waals surface area contributed by atoms with E-state index in [0.717, 1.165) is 12.1 Å². The monoisotopic (exact) mass is 444 g/mol. The summed E-state index contributed by atoms with van der Waals surface area (Å²) in [5.41, 5.74) is -0.368. The Morgan fingerprint density at radius 2 is 1.54 bits per heavy atom. The minimum Gasteiger partial charge on any atom is -0.457 e. The lowest BCUT2D eigenvalue weighted by molar-refractivity contribution is -0.137. The van der Waals surface area contributed by atoms with Gasteiger partial charge >= 0.3 is 6.18 Å². The van der Waals surface area contributed by atoms with Crippen molar-refractivity contribution in [3.8, 4) is 11.3 Å². The molecule has 0 atom stereocenters. The highest BCUT2D eigenvalue weighted by atomic mass is 35.5. The van der Waals surface area contributed by atoms with Gasteiger partial charge in [-0.2, -0.15) is 13.2 Å². The number of hydrogen-bond donors (Lipinski definition) is 0. The number of benzene rings is 2. The number of carbonyl (C=O) groups is 1. The number of furan rings is 1. The first kappa shape index (κ1) is 20.5. The molecule has 2 aromatic carbocycles. The normalized spacial score (nSPS) is 11.9. The third-order valence-electron chi connectivity index (χ3n) is 3.77. The average Bonchev–Trinajstić information content (AvgIpc) is 3.07. The Bertz CT molecular complexity index is 1030. The van der Waals surface area contributed by atoms with Crippen LogP contribution in [0.4, 0.5) is 13.2 Å². The Morgan fingerprint density at radius 3 is 2.11 bits per heavy atom. The Kier molecular flexibility index (Phi) is 5.89. The minimum atomic E-state index is -4.56. The van der Waals surface area contributed by atoms with Crippen LogP contribution in [-0.2, 0) is 6.18 Å². The van der Waals surface area contributed by atoms with Crippen molar-refractivity contribution in [2.45, 2.75) is 6.18 Å². The van der Waals surface area contributed by atoms with Crippen LogP contribution in [0.1, 0.15) is 21.7 Å². The van der Waals surface area contributed by atoms with Gasteiger partial charge in [-0.3, -0.25) is 4.79 Å². The van der Waals surface area contributed by atoms with Gasteiger partial charge in [-0.05, 0) is 60.7 Å². The average molecular weight is 446 g/mol. The van der Waals surface area contributed by atoms with E-state index in [9.17, 15) is 18.0 Å². The van der Waals surface area contributed by atoms with E-state index >= 15 is 0 Å². The van der Waals surface area contributed by atoms with E-state index in [0.29, 0.717) is 16.3 Å². The lowest BCUT2D eigenvalue weighted by Crippen LogP contribution is -2.05. The molecule has 0 aliphatic heterocycles. The van der Waals surface area contributed by atoms with Crippen molar-refractivity contribution in [2.24, 2.45) is 0 Å². The molecule has 1 aromatic heterocycles. The molecule has 144 valence electrons. The number of hydrogen-bond acceptors (Lipinski definition) is 2. The van der Waals surface area contributed by atoms with Crippen LogP contribution in [0.3, 0.4) is 0 Å². The molecular weight excluding hydrogens is 436 g/mol. The zero-order valence-corrected chi connectivity index (χ0v) is 16.1. The molecule has 0 radical (unpaired) electrons. The summed E-state index contributed by atoms with van der Waals surface area (Å²) in [5.74, 6) is 0.229. The van der Waals surface area contributed by atoms with Crippen LogP contribution >= 0.6 is 34.8 Å². The highest BCUT2D eigenvalue weighted by molar-refractivity contribution is 6.39. The topological polar surface area (TPSA) is 30.2 Å². The van der Waals surface area contributed by atoms with Crippen LogP contribution in [-0.4, -0.2) is 5.78 Å². The van der Waals surface area contributed by atoms with Crippen molar-refractivity contribution in [2.75, 3.05) is 0 Å². The molecule has 0 saturated heterocycles. The second-order valence-corrected chi connectivity index (χ2v) is 6.97. The molecule has 0 aliphatic carbocycles. The van der Waals surface area contributed by atoms with Crippen LogP contribution in [0.25, 0.3) is 17.4 Å². The molecule has 0 unspecified atom stereocenters. The first-order valence-electron chi connectivity index (χ1n) is 7.79. The van der Waals surface area contributed by atoms with Gasteiger partial charge in [-0.15, -0.1) is 0 Å². The van der Waals surface area contributed by atoms with Crippen LogP contribution < -0.4 is 0 Å². The molecule has 3 rings (SSSR count). The van der Waals surface area contributed by atoms with Crippen LogP contribution in [0.15, 0.2) is 59.0 Å². The highest BCUT2D eigenvalue weighted by Crippen LogP contribution is 2.41. The molecule has 8 heteroatoms. The number of alkyl halides is 3. The van der Waals surface area contributed by atoms with Gasteiger partial charge in [0, 0.05) is 10.6 Å². The summed E-state index contributed by atoms with van der Waals surface area (Å²) >= 11 is 17.7. The maximum atomic E-state index is 12.8. The molecule has 0 aliphatic rings. The smallest absolute Gasteiger partial charge is 0.416 e. The Labute approximate surface area is 173 Å². The van der Waals surface area contributed by atoms with Crippen LogP contribution in [0.2, 0.25) is 15.1 Å². The highest BCUT2D eigenvalue weighted by Gasteiger charge is 2.32. The molecule has 0 fully saturated rings. The van der Waals surface area contributed by atoms with Crippen molar-refractivity contribution in [3.05, 3.63) is 86.6 Å². The second-order valence-electron chi connectivity index (χ2n) is 5.72. The summed E-state index contributed by atoms with van der Waals surface area (Å²) < 4.78 is 44.1. The van der Waals surface area contributed by atoms with E-state index in [1.807, 2.05) is 0 Å². The summed E-state index contributed by atoms with van der Waals surface area (Å²) in [6.07, 6.45) is -1.82. The quantitative estimate of drug-likeness (QED) is 0.303. The number of ketones is 1. The van der Waals surface area contributed by atoms with Crippen LogP contribution in [0, 0.1) is 0 Å². The van der Waals surface area contributed by atoms with Crippen molar-refractivity contribution >= 4 is 46.7 Å². The summed E-state index contributed by atoms with van der Waals surface area (Å²) in [5, 5.41) is 0.130. The molecule has 2 nitrogen and oxygen atoms in total. The number of carbonyl (C=O) groups excluding carboxylic acids is 1. The summed E-state index contributed by atoms with van der Waals surface area (Å²) in [6, 6.07) is 11.0. The number of rotatable bonds is 4. The SMILES string of the molecule is O=C(/C=C\c1ccc(-c2c(Cl)cc(C(F)(F)F)cc2Cl)o1)c1ccc(Cl)cc1. The van der Waals surface area contributed by atoms with E-state index < -0.39 is 11.7 Å². The fraction of sp³-hybridized carbons (Fsp3) is 0.0500. The van der Waals surface area contributed by atoms with E-state index in [1.165, 1.54) is 18.2 Å². The molecule has 0 spiro atoms. The predicted molar refractivity (Wildman–Crippen MR) is 104 cm³/mol. The van der Waals surface area contributed by atoms with Gasteiger partial charge < -0.3 is 4.42 Å².